The number of hydrogen-bond donors (Lipinski definition) is 1. The van der Waals surface area contributed by atoms with Crippen LogP contribution >= 0.6 is 11.6 Å². The lowest BCUT2D eigenvalue weighted by Gasteiger charge is -2.32. The molecule has 1 aliphatic rings. The molecule has 9 heteroatoms. The molecule has 156 valence electrons. The Morgan fingerprint density at radius 2 is 2.03 bits per heavy atom. The summed E-state index contributed by atoms with van der Waals surface area (Å²) < 4.78 is 14.9. The highest BCUT2D eigenvalue weighted by Gasteiger charge is 2.25. The van der Waals surface area contributed by atoms with Crippen molar-refractivity contribution in [3.8, 4) is 0 Å². The van der Waals surface area contributed by atoms with E-state index in [1.807, 2.05) is 13.8 Å². The van der Waals surface area contributed by atoms with E-state index < -0.39 is 5.82 Å². The predicted octanol–water partition coefficient (Wildman–Crippen LogP) is 2.86. The van der Waals surface area contributed by atoms with Gasteiger partial charge in [0.2, 0.25) is 5.91 Å². The number of hydrogen-bond acceptors (Lipinski definition) is 4. The molecule has 0 unspecified atom stereocenters. The normalized spacial score (nSPS) is 15.0. The number of carbonyl (C=O) groups excluding carboxylic acids is 2. The zero-order chi connectivity index (χ0) is 21.0. The van der Waals surface area contributed by atoms with Crippen LogP contribution in [0.25, 0.3) is 0 Å². The van der Waals surface area contributed by atoms with Crippen LogP contribution in [0.4, 0.5) is 4.39 Å². The van der Waals surface area contributed by atoms with Crippen molar-refractivity contribution in [2.45, 2.75) is 39.2 Å². The molecule has 0 radical (unpaired) electrons. The van der Waals surface area contributed by atoms with Crippen LogP contribution in [-0.2, 0) is 11.2 Å². The van der Waals surface area contributed by atoms with E-state index in [0.717, 1.165) is 12.8 Å². The third-order valence-electron chi connectivity index (χ3n) is 4.96. The predicted molar refractivity (Wildman–Crippen MR) is 107 cm³/mol. The van der Waals surface area contributed by atoms with Crippen molar-refractivity contribution in [1.29, 1.82) is 0 Å². The first-order valence-corrected chi connectivity index (χ1v) is 10.1. The number of piperidine rings is 1. The Labute approximate surface area is 174 Å². The van der Waals surface area contributed by atoms with Crippen LogP contribution in [0, 0.1) is 11.7 Å². The Bertz CT molecular complexity index is 878. The van der Waals surface area contributed by atoms with Gasteiger partial charge in [0, 0.05) is 24.7 Å². The first kappa shape index (κ1) is 21.2. The van der Waals surface area contributed by atoms with Gasteiger partial charge in [-0.3, -0.25) is 9.59 Å². The highest BCUT2D eigenvalue weighted by Crippen LogP contribution is 2.24. The molecule has 0 spiro atoms. The first-order valence-electron chi connectivity index (χ1n) is 9.75. The highest BCUT2D eigenvalue weighted by atomic mass is 35.5. The van der Waals surface area contributed by atoms with Gasteiger partial charge in [-0.05, 0) is 36.5 Å². The smallest absolute Gasteiger partial charge is 0.273 e. The van der Waals surface area contributed by atoms with Gasteiger partial charge >= 0.3 is 0 Å². The molecule has 0 bridgehead atoms. The van der Waals surface area contributed by atoms with Crippen molar-refractivity contribution in [3.63, 3.8) is 0 Å². The molecule has 0 saturated carbocycles. The molecule has 2 amide bonds. The van der Waals surface area contributed by atoms with Crippen molar-refractivity contribution >= 4 is 23.4 Å². The fraction of sp³-hybridized carbons (Fsp3) is 0.500. The summed E-state index contributed by atoms with van der Waals surface area (Å²) in [6.07, 6.45) is 3.25. The van der Waals surface area contributed by atoms with Gasteiger partial charge in [-0.2, -0.15) is 0 Å². The average Bonchev–Trinajstić information content (AvgIpc) is 3.18. The van der Waals surface area contributed by atoms with E-state index >= 15 is 0 Å². The first-order chi connectivity index (χ1) is 13.8. The standard InChI is InChI=1S/C20H25ClFN5O2/c1-13(2)11-23-20(29)18-12-27(25-24-18)16-5-7-26(8-6-16)19(28)9-14-3-4-15(22)10-17(14)21/h3-4,10,12-13,16H,5-9,11H2,1-2H3,(H,23,29). The molecule has 1 aromatic carbocycles. The molecule has 2 aromatic rings. The molecule has 1 fully saturated rings. The largest absolute Gasteiger partial charge is 0.350 e. The van der Waals surface area contributed by atoms with E-state index in [4.69, 9.17) is 11.6 Å². The number of carbonyl (C=O) groups is 2. The molecule has 1 aromatic heterocycles. The lowest BCUT2D eigenvalue weighted by molar-refractivity contribution is -0.131. The van der Waals surface area contributed by atoms with E-state index in [0.29, 0.717) is 36.8 Å². The number of nitrogens with one attached hydrogen (secondary N) is 1. The maximum Gasteiger partial charge on any atom is 0.273 e. The Hall–Kier alpha value is -2.48. The second kappa shape index (κ2) is 9.35. The van der Waals surface area contributed by atoms with E-state index in [1.54, 1.807) is 21.8 Å². The number of likely N-dealkylation sites (tertiary alicyclic amines) is 1. The monoisotopic (exact) mass is 421 g/mol. The second-order valence-corrected chi connectivity index (χ2v) is 8.12. The van der Waals surface area contributed by atoms with Gasteiger partial charge < -0.3 is 10.2 Å². The maximum atomic E-state index is 13.2. The minimum Gasteiger partial charge on any atom is -0.350 e. The Morgan fingerprint density at radius 3 is 2.69 bits per heavy atom. The summed E-state index contributed by atoms with van der Waals surface area (Å²) in [4.78, 5) is 26.4. The minimum absolute atomic E-state index is 0.0377. The van der Waals surface area contributed by atoms with Crippen molar-refractivity contribution in [1.82, 2.24) is 25.2 Å². The van der Waals surface area contributed by atoms with Crippen LogP contribution in [0.2, 0.25) is 5.02 Å². The quantitative estimate of drug-likeness (QED) is 0.777. The van der Waals surface area contributed by atoms with Crippen LogP contribution in [0.15, 0.2) is 24.4 Å². The summed E-state index contributed by atoms with van der Waals surface area (Å²) in [7, 11) is 0. The van der Waals surface area contributed by atoms with E-state index in [1.165, 1.54) is 12.1 Å². The van der Waals surface area contributed by atoms with Crippen LogP contribution in [0.3, 0.4) is 0 Å². The maximum absolute atomic E-state index is 13.2. The molecule has 29 heavy (non-hydrogen) atoms. The topological polar surface area (TPSA) is 80.1 Å². The molecule has 2 heterocycles. The van der Waals surface area contributed by atoms with E-state index in [2.05, 4.69) is 15.6 Å². The highest BCUT2D eigenvalue weighted by molar-refractivity contribution is 6.31. The number of aromatic nitrogens is 3. The van der Waals surface area contributed by atoms with Gasteiger partial charge in [0.15, 0.2) is 5.69 Å². The summed E-state index contributed by atoms with van der Waals surface area (Å²) in [5.74, 6) is -0.323. The number of nitrogens with zero attached hydrogens (tertiary/aromatic N) is 4. The summed E-state index contributed by atoms with van der Waals surface area (Å²) in [5.41, 5.74) is 0.920. The van der Waals surface area contributed by atoms with Crippen molar-refractivity contribution in [2.75, 3.05) is 19.6 Å². The average molecular weight is 422 g/mol. The molecule has 1 N–H and O–H groups in total. The third-order valence-corrected chi connectivity index (χ3v) is 5.31. The summed E-state index contributed by atoms with van der Waals surface area (Å²) in [5, 5.41) is 11.2. The lowest BCUT2D eigenvalue weighted by Crippen LogP contribution is -2.40. The van der Waals surface area contributed by atoms with Crippen LogP contribution in [-0.4, -0.2) is 51.3 Å². The molecule has 7 nitrogen and oxygen atoms in total. The molecule has 0 aliphatic carbocycles. The van der Waals surface area contributed by atoms with Crippen molar-refractivity contribution in [3.05, 3.63) is 46.5 Å². The number of amides is 2. The lowest BCUT2D eigenvalue weighted by atomic mass is 10.0. The fourth-order valence-electron chi connectivity index (χ4n) is 3.27. The molecule has 1 aliphatic heterocycles. The molecular formula is C20H25ClFN5O2. The van der Waals surface area contributed by atoms with Crippen LogP contribution in [0.5, 0.6) is 0 Å². The molecular weight excluding hydrogens is 397 g/mol. The number of rotatable bonds is 6. The van der Waals surface area contributed by atoms with Gasteiger partial charge in [0.25, 0.3) is 5.91 Å². The SMILES string of the molecule is CC(C)CNC(=O)c1cn(C2CCN(C(=O)Cc3ccc(F)cc3Cl)CC2)nn1. The summed E-state index contributed by atoms with van der Waals surface area (Å²) >= 11 is 6.02. The van der Waals surface area contributed by atoms with Crippen molar-refractivity contribution in [2.24, 2.45) is 5.92 Å². The molecule has 1 saturated heterocycles. The van der Waals surface area contributed by atoms with Gasteiger partial charge in [-0.1, -0.05) is 36.7 Å². The second-order valence-electron chi connectivity index (χ2n) is 7.71. The molecule has 0 atom stereocenters. The van der Waals surface area contributed by atoms with Crippen LogP contribution in [0.1, 0.15) is 48.8 Å². The Balaban J connectivity index is 1.52. The van der Waals surface area contributed by atoms with E-state index in [-0.39, 0.29) is 29.3 Å². The Kier molecular flexibility index (Phi) is 6.84. The summed E-state index contributed by atoms with van der Waals surface area (Å²) in [6, 6.07) is 4.16. The van der Waals surface area contributed by atoms with Gasteiger partial charge in [0.05, 0.1) is 18.7 Å². The fourth-order valence-corrected chi connectivity index (χ4v) is 3.50. The number of benzene rings is 1. The zero-order valence-corrected chi connectivity index (χ0v) is 17.3. The van der Waals surface area contributed by atoms with Gasteiger partial charge in [-0.15, -0.1) is 5.10 Å². The third kappa shape index (κ3) is 5.53. The van der Waals surface area contributed by atoms with Gasteiger partial charge in [-0.25, -0.2) is 9.07 Å². The van der Waals surface area contributed by atoms with Crippen molar-refractivity contribution < 1.29 is 14.0 Å². The van der Waals surface area contributed by atoms with Crippen LogP contribution < -0.4 is 5.32 Å². The van der Waals surface area contributed by atoms with E-state index in [9.17, 15) is 14.0 Å². The zero-order valence-electron chi connectivity index (χ0n) is 16.6. The number of halogens is 2. The summed E-state index contributed by atoms with van der Waals surface area (Å²) in [6.45, 7) is 5.80. The van der Waals surface area contributed by atoms with Gasteiger partial charge in [0.1, 0.15) is 5.82 Å². The Morgan fingerprint density at radius 1 is 1.31 bits per heavy atom. The molecule has 3 rings (SSSR count). The minimum atomic E-state index is -0.419.